The van der Waals surface area contributed by atoms with E-state index < -0.39 is 0 Å². The fourth-order valence-electron chi connectivity index (χ4n) is 2.17. The van der Waals surface area contributed by atoms with Crippen molar-refractivity contribution in [3.8, 4) is 0 Å². The van der Waals surface area contributed by atoms with Crippen molar-refractivity contribution in [2.24, 2.45) is 5.73 Å². The molecule has 0 spiro atoms. The highest BCUT2D eigenvalue weighted by molar-refractivity contribution is 5.40. The fourth-order valence-corrected chi connectivity index (χ4v) is 2.17. The molecule has 94 valence electrons. The molecule has 1 fully saturated rings. The van der Waals surface area contributed by atoms with Gasteiger partial charge in [-0.15, -0.1) is 0 Å². The second-order valence-electron chi connectivity index (χ2n) is 4.67. The molecular weight excluding hydrogens is 212 g/mol. The van der Waals surface area contributed by atoms with E-state index in [1.165, 1.54) is 0 Å². The average molecular weight is 234 g/mol. The van der Waals surface area contributed by atoms with E-state index in [1.807, 2.05) is 0 Å². The lowest BCUT2D eigenvalue weighted by Gasteiger charge is -2.31. The molecule has 0 radical (unpaired) electrons. The zero-order chi connectivity index (χ0) is 12.3. The summed E-state index contributed by atoms with van der Waals surface area (Å²) in [4.78, 5) is 11.5. The molecule has 0 saturated carbocycles. The molecule has 0 aromatic carbocycles. The van der Waals surface area contributed by atoms with Gasteiger partial charge < -0.3 is 10.6 Å². The molecule has 2 rings (SSSR count). The van der Waals surface area contributed by atoms with E-state index in [0.717, 1.165) is 56.1 Å². The third-order valence-corrected chi connectivity index (χ3v) is 3.35. The molecule has 0 amide bonds. The van der Waals surface area contributed by atoms with Gasteiger partial charge in [-0.05, 0) is 19.3 Å². The number of rotatable bonds is 3. The standard InChI is InChI=1S/C13H22N4/c1-3-11-9-13(16-12(4-2)15-11)17-7-5-10(14)6-8-17/h9-10H,3-8,14H2,1-2H3. The number of nitrogens with zero attached hydrogens (tertiary/aromatic N) is 3. The first-order chi connectivity index (χ1) is 8.22. The summed E-state index contributed by atoms with van der Waals surface area (Å²) in [6.07, 6.45) is 3.99. The number of nitrogens with two attached hydrogens (primary N) is 1. The molecule has 1 aromatic heterocycles. The predicted octanol–water partition coefficient (Wildman–Crippen LogP) is 1.53. The third kappa shape index (κ3) is 2.94. The van der Waals surface area contributed by atoms with Crippen molar-refractivity contribution in [3.63, 3.8) is 0 Å². The molecule has 2 heterocycles. The maximum atomic E-state index is 5.93. The van der Waals surface area contributed by atoms with Crippen LogP contribution >= 0.6 is 0 Å². The van der Waals surface area contributed by atoms with Crippen molar-refractivity contribution in [2.45, 2.75) is 45.6 Å². The molecule has 2 N–H and O–H groups in total. The Balaban J connectivity index is 2.19. The van der Waals surface area contributed by atoms with Crippen LogP contribution in [-0.4, -0.2) is 29.1 Å². The maximum absolute atomic E-state index is 5.93. The summed E-state index contributed by atoms with van der Waals surface area (Å²) in [6.45, 7) is 6.28. The van der Waals surface area contributed by atoms with Gasteiger partial charge in [0.1, 0.15) is 11.6 Å². The second kappa shape index (κ2) is 5.45. The SMILES string of the molecule is CCc1cc(N2CCC(N)CC2)nc(CC)n1. The number of hydrogen-bond acceptors (Lipinski definition) is 4. The van der Waals surface area contributed by atoms with Crippen molar-refractivity contribution in [1.82, 2.24) is 9.97 Å². The van der Waals surface area contributed by atoms with Crippen molar-refractivity contribution >= 4 is 5.82 Å². The Morgan fingerprint density at radius 3 is 2.53 bits per heavy atom. The molecule has 0 atom stereocenters. The molecule has 0 bridgehead atoms. The number of aromatic nitrogens is 2. The smallest absolute Gasteiger partial charge is 0.132 e. The lowest BCUT2D eigenvalue weighted by molar-refractivity contribution is 0.498. The van der Waals surface area contributed by atoms with E-state index in [-0.39, 0.29) is 0 Å². The highest BCUT2D eigenvalue weighted by Gasteiger charge is 2.18. The fraction of sp³-hybridized carbons (Fsp3) is 0.692. The van der Waals surface area contributed by atoms with Crippen LogP contribution in [0.1, 0.15) is 38.2 Å². The number of anilines is 1. The first-order valence-corrected chi connectivity index (χ1v) is 6.60. The zero-order valence-corrected chi connectivity index (χ0v) is 10.8. The van der Waals surface area contributed by atoms with Gasteiger partial charge in [-0.1, -0.05) is 13.8 Å². The van der Waals surface area contributed by atoms with E-state index in [0.29, 0.717) is 6.04 Å². The Morgan fingerprint density at radius 1 is 1.24 bits per heavy atom. The van der Waals surface area contributed by atoms with E-state index in [2.05, 4.69) is 34.8 Å². The summed E-state index contributed by atoms with van der Waals surface area (Å²) in [7, 11) is 0. The van der Waals surface area contributed by atoms with Gasteiger partial charge in [0.15, 0.2) is 0 Å². The van der Waals surface area contributed by atoms with Crippen LogP contribution in [0.25, 0.3) is 0 Å². The molecule has 4 heteroatoms. The summed E-state index contributed by atoms with van der Waals surface area (Å²) in [6, 6.07) is 2.49. The lowest BCUT2D eigenvalue weighted by Crippen LogP contribution is -2.40. The van der Waals surface area contributed by atoms with Gasteiger partial charge in [-0.25, -0.2) is 9.97 Å². The largest absolute Gasteiger partial charge is 0.356 e. The Bertz CT molecular complexity index is 347. The second-order valence-corrected chi connectivity index (χ2v) is 4.67. The van der Waals surface area contributed by atoms with E-state index >= 15 is 0 Å². The van der Waals surface area contributed by atoms with Gasteiger partial charge in [-0.3, -0.25) is 0 Å². The Hall–Kier alpha value is -1.16. The molecule has 4 nitrogen and oxygen atoms in total. The topological polar surface area (TPSA) is 55.0 Å². The Labute approximate surface area is 103 Å². The van der Waals surface area contributed by atoms with Crippen molar-refractivity contribution in [2.75, 3.05) is 18.0 Å². The zero-order valence-electron chi connectivity index (χ0n) is 10.8. The van der Waals surface area contributed by atoms with Crippen LogP contribution in [0.3, 0.4) is 0 Å². The van der Waals surface area contributed by atoms with E-state index in [1.54, 1.807) is 0 Å². The van der Waals surface area contributed by atoms with Crippen LogP contribution in [0, 0.1) is 0 Å². The molecule has 1 saturated heterocycles. The minimum atomic E-state index is 0.365. The van der Waals surface area contributed by atoms with Gasteiger partial charge in [-0.2, -0.15) is 0 Å². The van der Waals surface area contributed by atoms with Gasteiger partial charge in [0.05, 0.1) is 0 Å². The predicted molar refractivity (Wildman–Crippen MR) is 70.2 cm³/mol. The van der Waals surface area contributed by atoms with Crippen molar-refractivity contribution in [3.05, 3.63) is 17.6 Å². The summed E-state index contributed by atoms with van der Waals surface area (Å²) in [5, 5.41) is 0. The van der Waals surface area contributed by atoms with Crippen LogP contribution in [0.15, 0.2) is 6.07 Å². The minimum Gasteiger partial charge on any atom is -0.356 e. The number of aryl methyl sites for hydroxylation is 2. The Morgan fingerprint density at radius 2 is 1.94 bits per heavy atom. The van der Waals surface area contributed by atoms with Crippen LogP contribution in [0.4, 0.5) is 5.82 Å². The number of piperidine rings is 1. The van der Waals surface area contributed by atoms with Gasteiger partial charge in [0.25, 0.3) is 0 Å². The van der Waals surface area contributed by atoms with Crippen LogP contribution in [0.5, 0.6) is 0 Å². The maximum Gasteiger partial charge on any atom is 0.132 e. The lowest BCUT2D eigenvalue weighted by atomic mass is 10.1. The summed E-state index contributed by atoms with van der Waals surface area (Å²) < 4.78 is 0. The normalized spacial score (nSPS) is 17.5. The number of hydrogen-bond donors (Lipinski definition) is 1. The van der Waals surface area contributed by atoms with Crippen LogP contribution in [-0.2, 0) is 12.8 Å². The first-order valence-electron chi connectivity index (χ1n) is 6.60. The van der Waals surface area contributed by atoms with Crippen LogP contribution in [0.2, 0.25) is 0 Å². The monoisotopic (exact) mass is 234 g/mol. The summed E-state index contributed by atoms with van der Waals surface area (Å²) in [5.41, 5.74) is 7.07. The average Bonchev–Trinajstić information content (AvgIpc) is 2.39. The van der Waals surface area contributed by atoms with Crippen LogP contribution < -0.4 is 10.6 Å². The third-order valence-electron chi connectivity index (χ3n) is 3.35. The van der Waals surface area contributed by atoms with E-state index in [4.69, 9.17) is 5.73 Å². The Kier molecular flexibility index (Phi) is 3.94. The van der Waals surface area contributed by atoms with Gasteiger partial charge in [0.2, 0.25) is 0 Å². The van der Waals surface area contributed by atoms with Crippen molar-refractivity contribution < 1.29 is 0 Å². The minimum absolute atomic E-state index is 0.365. The van der Waals surface area contributed by atoms with E-state index in [9.17, 15) is 0 Å². The highest BCUT2D eigenvalue weighted by Crippen LogP contribution is 2.18. The van der Waals surface area contributed by atoms with Gasteiger partial charge >= 0.3 is 0 Å². The first kappa shape index (κ1) is 12.3. The molecule has 0 aliphatic carbocycles. The van der Waals surface area contributed by atoms with Gasteiger partial charge in [0, 0.05) is 37.3 Å². The molecule has 17 heavy (non-hydrogen) atoms. The summed E-state index contributed by atoms with van der Waals surface area (Å²) in [5.74, 6) is 2.04. The highest BCUT2D eigenvalue weighted by atomic mass is 15.2. The molecule has 0 unspecified atom stereocenters. The molecule has 1 aliphatic heterocycles. The molecule has 1 aromatic rings. The molecular formula is C13H22N4. The molecule has 1 aliphatic rings. The summed E-state index contributed by atoms with van der Waals surface area (Å²) >= 11 is 0. The van der Waals surface area contributed by atoms with Crippen molar-refractivity contribution in [1.29, 1.82) is 0 Å². The quantitative estimate of drug-likeness (QED) is 0.861.